The summed E-state index contributed by atoms with van der Waals surface area (Å²) < 4.78 is 26.0. The van der Waals surface area contributed by atoms with Gasteiger partial charge in [0, 0.05) is 22.3 Å². The van der Waals surface area contributed by atoms with E-state index in [4.69, 9.17) is 16.7 Å². The SMILES string of the molecule is CC(C)C(C)n1cc2c(S(N)(=O)=O)cc(NC(=O)Cc3ccccc3Cl)cc2n1. The molecule has 1 heterocycles. The van der Waals surface area contributed by atoms with Crippen molar-refractivity contribution in [3.8, 4) is 0 Å². The van der Waals surface area contributed by atoms with Gasteiger partial charge in [-0.1, -0.05) is 43.6 Å². The molecular formula is C20H23ClN4O3S. The quantitative estimate of drug-likeness (QED) is 0.616. The van der Waals surface area contributed by atoms with Crippen molar-refractivity contribution in [2.75, 3.05) is 5.32 Å². The third kappa shape index (κ3) is 4.77. The number of carbonyl (C=O) groups is 1. The van der Waals surface area contributed by atoms with Crippen LogP contribution in [0.2, 0.25) is 5.02 Å². The Balaban J connectivity index is 1.98. The number of fused-ring (bicyclic) bond motifs is 1. The molecule has 3 aromatic rings. The summed E-state index contributed by atoms with van der Waals surface area (Å²) in [7, 11) is -4.01. The van der Waals surface area contributed by atoms with E-state index in [1.807, 2.05) is 6.92 Å². The summed E-state index contributed by atoms with van der Waals surface area (Å²) in [5.74, 6) is -0.0233. The van der Waals surface area contributed by atoms with Gasteiger partial charge < -0.3 is 5.32 Å². The number of rotatable bonds is 6. The van der Waals surface area contributed by atoms with Gasteiger partial charge in [0.25, 0.3) is 0 Å². The van der Waals surface area contributed by atoms with E-state index in [2.05, 4.69) is 24.3 Å². The molecule has 1 unspecified atom stereocenters. The zero-order chi connectivity index (χ0) is 21.3. The van der Waals surface area contributed by atoms with E-state index in [-0.39, 0.29) is 23.3 Å². The lowest BCUT2D eigenvalue weighted by Gasteiger charge is -2.15. The van der Waals surface area contributed by atoms with Gasteiger partial charge >= 0.3 is 0 Å². The van der Waals surface area contributed by atoms with Gasteiger partial charge in [0.1, 0.15) is 0 Å². The number of aromatic nitrogens is 2. The molecule has 0 fully saturated rings. The minimum Gasteiger partial charge on any atom is -0.326 e. The highest BCUT2D eigenvalue weighted by Gasteiger charge is 2.20. The van der Waals surface area contributed by atoms with Crippen LogP contribution in [0.5, 0.6) is 0 Å². The number of benzene rings is 2. The lowest BCUT2D eigenvalue weighted by Crippen LogP contribution is -2.16. The molecule has 0 saturated carbocycles. The van der Waals surface area contributed by atoms with Crippen LogP contribution in [-0.2, 0) is 21.2 Å². The number of sulfonamides is 1. The number of primary sulfonamides is 1. The van der Waals surface area contributed by atoms with Crippen molar-refractivity contribution >= 4 is 44.1 Å². The third-order valence-electron chi connectivity index (χ3n) is 4.89. The van der Waals surface area contributed by atoms with Crippen LogP contribution in [0.15, 0.2) is 47.5 Å². The Kier molecular flexibility index (Phi) is 5.97. The average molecular weight is 435 g/mol. The highest BCUT2D eigenvalue weighted by molar-refractivity contribution is 7.89. The third-order valence-corrected chi connectivity index (χ3v) is 6.21. The largest absolute Gasteiger partial charge is 0.326 e. The number of nitrogens with one attached hydrogen (secondary N) is 1. The number of halogens is 1. The maximum absolute atomic E-state index is 12.5. The summed E-state index contributed by atoms with van der Waals surface area (Å²) >= 11 is 6.10. The molecule has 0 spiro atoms. The van der Waals surface area contributed by atoms with E-state index in [0.717, 1.165) is 0 Å². The van der Waals surface area contributed by atoms with Crippen molar-refractivity contribution in [1.29, 1.82) is 0 Å². The minimum absolute atomic E-state index is 0.0568. The monoisotopic (exact) mass is 434 g/mol. The molecule has 1 aromatic heterocycles. The number of nitrogens with zero attached hydrogens (tertiary/aromatic N) is 2. The van der Waals surface area contributed by atoms with E-state index >= 15 is 0 Å². The Hall–Kier alpha value is -2.42. The van der Waals surface area contributed by atoms with Crippen LogP contribution in [0.3, 0.4) is 0 Å². The molecule has 3 rings (SSSR count). The van der Waals surface area contributed by atoms with Crippen LogP contribution in [0, 0.1) is 5.92 Å². The van der Waals surface area contributed by atoms with Crippen molar-refractivity contribution in [2.24, 2.45) is 11.1 Å². The first-order chi connectivity index (χ1) is 13.6. The molecule has 9 heteroatoms. The fourth-order valence-corrected chi connectivity index (χ4v) is 3.91. The van der Waals surface area contributed by atoms with Crippen LogP contribution in [0.4, 0.5) is 5.69 Å². The van der Waals surface area contributed by atoms with Crippen LogP contribution in [0.1, 0.15) is 32.4 Å². The summed E-state index contributed by atoms with van der Waals surface area (Å²) in [5.41, 5.74) is 1.42. The molecule has 0 aliphatic rings. The fourth-order valence-electron chi connectivity index (χ4n) is 2.95. The van der Waals surface area contributed by atoms with Crippen LogP contribution in [-0.4, -0.2) is 24.1 Å². The number of hydrogen-bond donors (Lipinski definition) is 2. The summed E-state index contributed by atoms with van der Waals surface area (Å²) in [5, 5.41) is 13.5. The van der Waals surface area contributed by atoms with Gasteiger partial charge in [0.15, 0.2) is 0 Å². The first-order valence-electron chi connectivity index (χ1n) is 9.15. The van der Waals surface area contributed by atoms with Crippen LogP contribution < -0.4 is 10.5 Å². The molecular weight excluding hydrogens is 412 g/mol. The highest BCUT2D eigenvalue weighted by Crippen LogP contribution is 2.29. The second-order valence-corrected chi connectivity index (χ2v) is 9.30. The predicted octanol–water partition coefficient (Wildman–Crippen LogP) is 3.74. The molecule has 2 aromatic carbocycles. The summed E-state index contributed by atoms with van der Waals surface area (Å²) in [6.45, 7) is 6.11. The average Bonchev–Trinajstić information content (AvgIpc) is 3.05. The van der Waals surface area contributed by atoms with E-state index in [1.54, 1.807) is 41.2 Å². The molecule has 0 radical (unpaired) electrons. The Morgan fingerprint density at radius 3 is 2.55 bits per heavy atom. The highest BCUT2D eigenvalue weighted by atomic mass is 35.5. The van der Waals surface area contributed by atoms with E-state index in [0.29, 0.717) is 33.1 Å². The lowest BCUT2D eigenvalue weighted by atomic mass is 10.1. The molecule has 1 amide bonds. The molecule has 154 valence electrons. The summed E-state index contributed by atoms with van der Waals surface area (Å²) in [6, 6.07) is 10.1. The summed E-state index contributed by atoms with van der Waals surface area (Å²) in [4.78, 5) is 12.4. The fraction of sp³-hybridized carbons (Fsp3) is 0.300. The maximum atomic E-state index is 12.5. The van der Waals surface area contributed by atoms with Crippen molar-refractivity contribution in [3.05, 3.63) is 53.2 Å². The first kappa shape index (κ1) is 21.3. The second-order valence-electron chi connectivity index (χ2n) is 7.36. The molecule has 29 heavy (non-hydrogen) atoms. The van der Waals surface area contributed by atoms with Gasteiger partial charge in [0.2, 0.25) is 15.9 Å². The van der Waals surface area contributed by atoms with Gasteiger partial charge in [0.05, 0.1) is 22.9 Å². The van der Waals surface area contributed by atoms with Crippen LogP contribution in [0.25, 0.3) is 10.9 Å². The number of anilines is 1. The van der Waals surface area contributed by atoms with Crippen molar-refractivity contribution in [3.63, 3.8) is 0 Å². The summed E-state index contributed by atoms with van der Waals surface area (Å²) in [6.07, 6.45) is 1.73. The van der Waals surface area contributed by atoms with E-state index < -0.39 is 10.0 Å². The number of carbonyl (C=O) groups excluding carboxylic acids is 1. The standard InChI is InChI=1S/C20H23ClN4O3S/c1-12(2)13(3)25-11-16-18(24-25)9-15(10-19(16)29(22,27)28)23-20(26)8-14-6-4-5-7-17(14)21/h4-7,9-13H,8H2,1-3H3,(H,23,26)(H2,22,27,28). The van der Waals surface area contributed by atoms with Gasteiger partial charge in [-0.2, -0.15) is 5.10 Å². The molecule has 0 bridgehead atoms. The Morgan fingerprint density at radius 1 is 1.24 bits per heavy atom. The Labute approximate surface area is 174 Å². The van der Waals surface area contributed by atoms with E-state index in [1.165, 1.54) is 6.07 Å². The van der Waals surface area contributed by atoms with Crippen molar-refractivity contribution in [1.82, 2.24) is 9.78 Å². The molecule has 7 nitrogen and oxygen atoms in total. The second kappa shape index (κ2) is 8.14. The number of hydrogen-bond acceptors (Lipinski definition) is 4. The zero-order valence-corrected chi connectivity index (χ0v) is 18.0. The topological polar surface area (TPSA) is 107 Å². The minimum atomic E-state index is -4.01. The normalized spacial score (nSPS) is 13.0. The zero-order valence-electron chi connectivity index (χ0n) is 16.4. The number of nitrogens with two attached hydrogens (primary N) is 1. The maximum Gasteiger partial charge on any atom is 0.238 e. The molecule has 3 N–H and O–H groups in total. The molecule has 0 saturated heterocycles. The molecule has 1 atom stereocenters. The van der Waals surface area contributed by atoms with Crippen LogP contribution >= 0.6 is 11.6 Å². The van der Waals surface area contributed by atoms with Gasteiger partial charge in [-0.3, -0.25) is 9.48 Å². The smallest absolute Gasteiger partial charge is 0.238 e. The predicted molar refractivity (Wildman–Crippen MR) is 114 cm³/mol. The first-order valence-corrected chi connectivity index (χ1v) is 11.1. The van der Waals surface area contributed by atoms with Gasteiger partial charge in [-0.25, -0.2) is 13.6 Å². The van der Waals surface area contributed by atoms with Crippen molar-refractivity contribution < 1.29 is 13.2 Å². The van der Waals surface area contributed by atoms with Crippen molar-refractivity contribution in [2.45, 2.75) is 38.1 Å². The molecule has 0 aliphatic carbocycles. The Bertz CT molecular complexity index is 1170. The lowest BCUT2D eigenvalue weighted by molar-refractivity contribution is -0.115. The number of amides is 1. The molecule has 0 aliphatic heterocycles. The van der Waals surface area contributed by atoms with Gasteiger partial charge in [-0.15, -0.1) is 0 Å². The Morgan fingerprint density at radius 2 is 1.93 bits per heavy atom. The van der Waals surface area contributed by atoms with E-state index in [9.17, 15) is 13.2 Å². The van der Waals surface area contributed by atoms with Gasteiger partial charge in [-0.05, 0) is 36.6 Å².